The van der Waals surface area contributed by atoms with E-state index >= 15 is 0 Å². The maximum atomic E-state index is 13.6. The Hall–Kier alpha value is -2.23. The number of piperidine rings is 2. The second-order valence-corrected chi connectivity index (χ2v) is 10.4. The lowest BCUT2D eigenvalue weighted by molar-refractivity contribution is -0.137. The van der Waals surface area contributed by atoms with E-state index in [1.807, 2.05) is 4.52 Å². The molecule has 4 fully saturated rings. The number of fused-ring (bicyclic) bond motifs is 2. The molecule has 4 aliphatic rings. The highest BCUT2D eigenvalue weighted by Crippen LogP contribution is 2.33. The fraction of sp³-hybridized carbons (Fsp3) is 0.708. The Balaban J connectivity index is 1.25. The third-order valence-corrected chi connectivity index (χ3v) is 8.00. The van der Waals surface area contributed by atoms with Gasteiger partial charge in [0.15, 0.2) is 5.65 Å². The summed E-state index contributed by atoms with van der Waals surface area (Å²) in [7, 11) is 0. The van der Waals surface area contributed by atoms with E-state index in [1.54, 1.807) is 0 Å². The predicted molar refractivity (Wildman–Crippen MR) is 127 cm³/mol. The largest absolute Gasteiger partial charge is 0.355 e. The predicted octanol–water partition coefficient (Wildman–Crippen LogP) is 1.41. The van der Waals surface area contributed by atoms with Crippen molar-refractivity contribution in [2.75, 3.05) is 37.6 Å². The minimum Gasteiger partial charge on any atom is -0.355 e. The van der Waals surface area contributed by atoms with E-state index in [9.17, 15) is 4.79 Å². The molecule has 0 radical (unpaired) electrons. The van der Waals surface area contributed by atoms with E-state index in [-0.39, 0.29) is 24.0 Å². The molecule has 0 aromatic carbocycles. The molecule has 6 rings (SSSR count). The van der Waals surface area contributed by atoms with Crippen molar-refractivity contribution in [2.45, 2.75) is 76.2 Å². The van der Waals surface area contributed by atoms with Crippen molar-refractivity contribution in [1.82, 2.24) is 29.7 Å². The molecule has 0 bridgehead atoms. The summed E-state index contributed by atoms with van der Waals surface area (Å²) in [6.45, 7) is 6.63. The van der Waals surface area contributed by atoms with E-state index in [0.29, 0.717) is 6.17 Å². The highest BCUT2D eigenvalue weighted by Gasteiger charge is 2.41. The summed E-state index contributed by atoms with van der Waals surface area (Å²) >= 11 is 0. The van der Waals surface area contributed by atoms with Crippen molar-refractivity contribution in [1.29, 1.82) is 0 Å². The number of carbonyl (C=O) groups excluding carboxylic acids is 1. The first-order valence-corrected chi connectivity index (χ1v) is 12.7. The van der Waals surface area contributed by atoms with Crippen LogP contribution in [0.15, 0.2) is 12.3 Å². The average Bonchev–Trinajstić information content (AvgIpc) is 3.55. The monoisotopic (exact) mass is 452 g/mol. The van der Waals surface area contributed by atoms with Gasteiger partial charge < -0.3 is 15.5 Å². The van der Waals surface area contributed by atoms with Gasteiger partial charge in [0, 0.05) is 50.0 Å². The van der Waals surface area contributed by atoms with Gasteiger partial charge in [0.25, 0.3) is 0 Å². The highest BCUT2D eigenvalue weighted by molar-refractivity contribution is 5.83. The summed E-state index contributed by atoms with van der Waals surface area (Å²) in [5.41, 5.74) is 9.04. The zero-order valence-electron chi connectivity index (χ0n) is 19.6. The Morgan fingerprint density at radius 2 is 1.94 bits per heavy atom. The van der Waals surface area contributed by atoms with Crippen LogP contribution < -0.4 is 16.0 Å². The molecule has 2 aromatic heterocycles. The third-order valence-electron chi connectivity index (χ3n) is 8.00. The van der Waals surface area contributed by atoms with Gasteiger partial charge in [-0.1, -0.05) is 0 Å². The van der Waals surface area contributed by atoms with Crippen LogP contribution in [0.5, 0.6) is 0 Å². The molecule has 4 aliphatic heterocycles. The van der Waals surface area contributed by atoms with Gasteiger partial charge in [0.05, 0.1) is 17.9 Å². The standard InChI is InChI=1S/C24H36N8O/c1-16-13-32-22(27-23(16)30-11-8-17(25)14-30)12-18(28-32)20-6-2-5-10-31(20)24(33)19-15-29-9-4-3-7-21(29)26-19/h12-13,17,19-21,26H,2-11,14-15,25H2,1H3/t17-,19?,20-,21?/m0/s1. The molecule has 0 aliphatic carbocycles. The van der Waals surface area contributed by atoms with E-state index in [1.165, 1.54) is 12.8 Å². The molecule has 0 saturated carbocycles. The molecular weight excluding hydrogens is 416 g/mol. The van der Waals surface area contributed by atoms with Gasteiger partial charge in [0.1, 0.15) is 11.9 Å². The van der Waals surface area contributed by atoms with Crippen LogP contribution in [-0.2, 0) is 4.79 Å². The Kier molecular flexibility index (Phi) is 5.50. The van der Waals surface area contributed by atoms with E-state index in [2.05, 4.69) is 39.2 Å². The van der Waals surface area contributed by atoms with Crippen LogP contribution in [0.1, 0.15) is 62.2 Å². The summed E-state index contributed by atoms with van der Waals surface area (Å²) < 4.78 is 1.88. The summed E-state index contributed by atoms with van der Waals surface area (Å²) in [5, 5.41) is 8.52. The molecular formula is C24H36N8O. The zero-order valence-corrected chi connectivity index (χ0v) is 19.6. The van der Waals surface area contributed by atoms with Crippen LogP contribution in [-0.4, -0.2) is 81.3 Å². The molecule has 9 nitrogen and oxygen atoms in total. The second kappa shape index (κ2) is 8.52. The topological polar surface area (TPSA) is 95.0 Å². The summed E-state index contributed by atoms with van der Waals surface area (Å²) in [4.78, 5) is 25.4. The minimum absolute atomic E-state index is 0.0244. The van der Waals surface area contributed by atoms with Crippen molar-refractivity contribution < 1.29 is 4.79 Å². The first kappa shape index (κ1) is 21.3. The molecule has 2 aromatic rings. The van der Waals surface area contributed by atoms with Crippen LogP contribution in [0.4, 0.5) is 5.82 Å². The molecule has 6 heterocycles. The van der Waals surface area contributed by atoms with Gasteiger partial charge in [-0.3, -0.25) is 15.0 Å². The smallest absolute Gasteiger partial charge is 0.241 e. The molecule has 2 unspecified atom stereocenters. The first-order valence-electron chi connectivity index (χ1n) is 12.7. The van der Waals surface area contributed by atoms with Crippen molar-refractivity contribution in [3.8, 4) is 0 Å². The number of aromatic nitrogens is 3. The van der Waals surface area contributed by atoms with Crippen molar-refractivity contribution in [3.63, 3.8) is 0 Å². The molecule has 0 spiro atoms. The number of amides is 1. The minimum atomic E-state index is -0.0999. The molecule has 178 valence electrons. The van der Waals surface area contributed by atoms with E-state index in [0.717, 1.165) is 87.6 Å². The Morgan fingerprint density at radius 3 is 2.76 bits per heavy atom. The van der Waals surface area contributed by atoms with Gasteiger partial charge in [-0.2, -0.15) is 5.10 Å². The molecule has 4 atom stereocenters. The van der Waals surface area contributed by atoms with Crippen LogP contribution in [0.3, 0.4) is 0 Å². The maximum Gasteiger partial charge on any atom is 0.241 e. The van der Waals surface area contributed by atoms with Crippen LogP contribution >= 0.6 is 0 Å². The number of anilines is 1. The SMILES string of the molecule is Cc1cn2nc([C@@H]3CCCCN3C(=O)C3CN4CCCCC4N3)cc2nc1N1CC[C@H](N)C1. The number of aryl methyl sites for hydroxylation is 1. The van der Waals surface area contributed by atoms with Gasteiger partial charge >= 0.3 is 0 Å². The van der Waals surface area contributed by atoms with Crippen molar-refractivity contribution in [3.05, 3.63) is 23.5 Å². The van der Waals surface area contributed by atoms with Gasteiger partial charge in [-0.15, -0.1) is 0 Å². The molecule has 1 amide bonds. The quantitative estimate of drug-likeness (QED) is 0.727. The van der Waals surface area contributed by atoms with Crippen molar-refractivity contribution >= 4 is 17.4 Å². The van der Waals surface area contributed by atoms with Crippen LogP contribution in [0.25, 0.3) is 5.65 Å². The van der Waals surface area contributed by atoms with Gasteiger partial charge in [-0.05, 0) is 58.4 Å². The fourth-order valence-electron chi connectivity index (χ4n) is 6.25. The van der Waals surface area contributed by atoms with Crippen LogP contribution in [0, 0.1) is 6.92 Å². The summed E-state index contributed by atoms with van der Waals surface area (Å²) in [6.07, 6.45) is 10.2. The average molecular weight is 453 g/mol. The third kappa shape index (κ3) is 3.90. The number of hydrogen-bond donors (Lipinski definition) is 2. The van der Waals surface area contributed by atoms with E-state index < -0.39 is 0 Å². The summed E-state index contributed by atoms with van der Waals surface area (Å²) in [5.74, 6) is 1.24. The molecule has 9 heteroatoms. The van der Waals surface area contributed by atoms with Crippen LogP contribution in [0.2, 0.25) is 0 Å². The molecule has 4 saturated heterocycles. The number of nitrogens with two attached hydrogens (primary N) is 1. The maximum absolute atomic E-state index is 13.6. The lowest BCUT2D eigenvalue weighted by atomic mass is 9.98. The lowest BCUT2D eigenvalue weighted by Crippen LogP contribution is -2.49. The fourth-order valence-corrected chi connectivity index (χ4v) is 6.25. The number of nitrogens with zero attached hydrogens (tertiary/aromatic N) is 6. The summed E-state index contributed by atoms with van der Waals surface area (Å²) in [6, 6.07) is 2.23. The zero-order chi connectivity index (χ0) is 22.5. The number of hydrogen-bond acceptors (Lipinski definition) is 7. The number of nitrogens with one attached hydrogen (secondary N) is 1. The molecule has 3 N–H and O–H groups in total. The number of carbonyl (C=O) groups is 1. The number of likely N-dealkylation sites (tertiary alicyclic amines) is 1. The Labute approximate surface area is 195 Å². The number of rotatable bonds is 3. The van der Waals surface area contributed by atoms with Gasteiger partial charge in [-0.25, -0.2) is 9.50 Å². The second-order valence-electron chi connectivity index (χ2n) is 10.4. The normalized spacial score (nSPS) is 30.8. The Bertz CT molecular complexity index is 1020. The lowest BCUT2D eigenvalue weighted by Gasteiger charge is -2.36. The van der Waals surface area contributed by atoms with E-state index in [4.69, 9.17) is 15.8 Å². The first-order chi connectivity index (χ1) is 16.1. The van der Waals surface area contributed by atoms with Crippen molar-refractivity contribution in [2.24, 2.45) is 5.73 Å². The molecule has 33 heavy (non-hydrogen) atoms. The highest BCUT2D eigenvalue weighted by atomic mass is 16.2. The van der Waals surface area contributed by atoms with Gasteiger partial charge in [0.2, 0.25) is 5.91 Å². The Morgan fingerprint density at radius 1 is 1.09 bits per heavy atom.